The number of nitrogens with zero attached hydrogens (tertiary/aromatic N) is 4. The number of ether oxygens (including phenoxy) is 2. The van der Waals surface area contributed by atoms with Gasteiger partial charge in [0.1, 0.15) is 5.82 Å². The predicted molar refractivity (Wildman–Crippen MR) is 124 cm³/mol. The normalized spacial score (nSPS) is 10.7. The summed E-state index contributed by atoms with van der Waals surface area (Å²) in [6.07, 6.45) is 1.72. The van der Waals surface area contributed by atoms with Crippen LogP contribution in [0, 0.1) is 5.82 Å². The third-order valence-corrected chi connectivity index (χ3v) is 4.35. The Morgan fingerprint density at radius 1 is 0.758 bits per heavy atom. The van der Waals surface area contributed by atoms with Crippen molar-refractivity contribution in [2.24, 2.45) is 5.73 Å². The number of hydrogen-bond acceptors (Lipinski definition) is 10. The van der Waals surface area contributed by atoms with Gasteiger partial charge in [-0.1, -0.05) is 24.3 Å². The summed E-state index contributed by atoms with van der Waals surface area (Å²) in [4.78, 5) is 17.4. The van der Waals surface area contributed by atoms with Crippen LogP contribution >= 0.6 is 0 Å². The Bertz CT molecular complexity index is 964. The van der Waals surface area contributed by atoms with Crippen molar-refractivity contribution in [2.75, 3.05) is 55.5 Å². The summed E-state index contributed by atoms with van der Waals surface area (Å²) < 4.78 is 24.7. The van der Waals surface area contributed by atoms with Gasteiger partial charge in [-0.05, 0) is 18.2 Å². The molecule has 5 N–H and O–H groups in total. The molecule has 176 valence electrons. The summed E-state index contributed by atoms with van der Waals surface area (Å²) in [5.74, 6) is 0.756. The first-order valence-electron chi connectivity index (χ1n) is 10.7. The molecule has 0 unspecified atom stereocenters. The number of rotatable bonds is 15. The van der Waals surface area contributed by atoms with Crippen molar-refractivity contribution in [1.29, 1.82) is 0 Å². The van der Waals surface area contributed by atoms with E-state index < -0.39 is 0 Å². The lowest BCUT2D eigenvalue weighted by molar-refractivity contribution is 0.0547. The topological polar surface area (TPSA) is 132 Å². The molecule has 33 heavy (non-hydrogen) atoms. The number of aromatic nitrogens is 4. The van der Waals surface area contributed by atoms with E-state index in [1.165, 1.54) is 6.07 Å². The zero-order chi connectivity index (χ0) is 23.1. The van der Waals surface area contributed by atoms with Crippen molar-refractivity contribution in [3.8, 4) is 0 Å². The second-order valence-electron chi connectivity index (χ2n) is 6.87. The summed E-state index contributed by atoms with van der Waals surface area (Å²) in [5.41, 5.74) is 6.73. The van der Waals surface area contributed by atoms with Gasteiger partial charge in [-0.15, -0.1) is 0 Å². The van der Waals surface area contributed by atoms with Crippen molar-refractivity contribution in [1.82, 2.24) is 19.9 Å². The van der Waals surface area contributed by atoms with E-state index in [1.54, 1.807) is 24.4 Å². The summed E-state index contributed by atoms with van der Waals surface area (Å²) >= 11 is 0. The fourth-order valence-electron chi connectivity index (χ4n) is 2.74. The first kappa shape index (κ1) is 24.2. The molecule has 3 rings (SSSR count). The molecule has 2 heterocycles. The number of halogens is 1. The minimum Gasteiger partial charge on any atom is -0.378 e. The van der Waals surface area contributed by atoms with Crippen molar-refractivity contribution in [2.45, 2.75) is 13.1 Å². The molecule has 0 saturated heterocycles. The molecule has 1 aromatic carbocycles. The lowest BCUT2D eigenvalue weighted by Gasteiger charge is -2.12. The van der Waals surface area contributed by atoms with Crippen LogP contribution in [-0.4, -0.2) is 59.5 Å². The Hall–Kier alpha value is -3.41. The molecule has 0 atom stereocenters. The van der Waals surface area contributed by atoms with Gasteiger partial charge in [-0.3, -0.25) is 4.98 Å². The maximum Gasteiger partial charge on any atom is 0.229 e. The largest absolute Gasteiger partial charge is 0.378 e. The van der Waals surface area contributed by atoms with Gasteiger partial charge >= 0.3 is 0 Å². The quantitative estimate of drug-likeness (QED) is 0.252. The number of nitrogens with one attached hydrogen (secondary N) is 3. The maximum absolute atomic E-state index is 13.9. The van der Waals surface area contributed by atoms with Crippen LogP contribution in [0.25, 0.3) is 0 Å². The fraction of sp³-hybridized carbons (Fsp3) is 0.364. The highest BCUT2D eigenvalue weighted by molar-refractivity contribution is 5.42. The van der Waals surface area contributed by atoms with Gasteiger partial charge in [-0.25, -0.2) is 4.39 Å². The Morgan fingerprint density at radius 2 is 1.42 bits per heavy atom. The fourth-order valence-corrected chi connectivity index (χ4v) is 2.74. The molecule has 0 amide bonds. The average molecular weight is 457 g/mol. The van der Waals surface area contributed by atoms with Gasteiger partial charge in [-0.2, -0.15) is 15.0 Å². The number of anilines is 3. The van der Waals surface area contributed by atoms with Crippen LogP contribution in [0.4, 0.5) is 22.2 Å². The minimum absolute atomic E-state index is 0.238. The van der Waals surface area contributed by atoms with Crippen molar-refractivity contribution < 1.29 is 13.9 Å². The Morgan fingerprint density at radius 3 is 2.12 bits per heavy atom. The molecule has 0 aliphatic heterocycles. The van der Waals surface area contributed by atoms with E-state index in [2.05, 4.69) is 35.9 Å². The van der Waals surface area contributed by atoms with E-state index in [-0.39, 0.29) is 12.4 Å². The van der Waals surface area contributed by atoms with E-state index in [1.807, 2.05) is 18.2 Å². The highest BCUT2D eigenvalue weighted by Crippen LogP contribution is 2.13. The maximum atomic E-state index is 13.9. The molecule has 11 heteroatoms. The number of hydrogen-bond donors (Lipinski definition) is 4. The first-order chi connectivity index (χ1) is 16.2. The third kappa shape index (κ3) is 8.93. The summed E-state index contributed by atoms with van der Waals surface area (Å²) in [7, 11) is 0. The van der Waals surface area contributed by atoms with E-state index in [9.17, 15) is 4.39 Å². The highest BCUT2D eigenvalue weighted by atomic mass is 19.1. The van der Waals surface area contributed by atoms with Crippen LogP contribution in [0.1, 0.15) is 11.3 Å². The third-order valence-electron chi connectivity index (χ3n) is 4.35. The van der Waals surface area contributed by atoms with Crippen LogP contribution in [0.3, 0.4) is 0 Å². The van der Waals surface area contributed by atoms with Gasteiger partial charge in [0, 0.05) is 31.4 Å². The highest BCUT2D eigenvalue weighted by Gasteiger charge is 2.08. The monoisotopic (exact) mass is 456 g/mol. The summed E-state index contributed by atoms with van der Waals surface area (Å²) in [6, 6.07) is 12.2. The molecule has 0 bridgehead atoms. The molecule has 3 aromatic rings. The smallest absolute Gasteiger partial charge is 0.229 e. The first-order valence-corrected chi connectivity index (χ1v) is 10.7. The second kappa shape index (κ2) is 13.9. The summed E-state index contributed by atoms with van der Waals surface area (Å²) in [5, 5.41) is 9.32. The molecule has 0 spiro atoms. The van der Waals surface area contributed by atoms with Crippen LogP contribution in [0.5, 0.6) is 0 Å². The molecule has 2 aromatic heterocycles. The zero-order valence-electron chi connectivity index (χ0n) is 18.3. The average Bonchev–Trinajstić information content (AvgIpc) is 2.84. The SMILES string of the molecule is NCCOCCOCCNc1nc(NCc2ccccn2)nc(NCc2ccccc2F)n1. The lowest BCUT2D eigenvalue weighted by atomic mass is 10.2. The Balaban J connectivity index is 1.58. The zero-order valence-corrected chi connectivity index (χ0v) is 18.3. The molecular weight excluding hydrogens is 427 g/mol. The number of pyridine rings is 1. The molecule has 10 nitrogen and oxygen atoms in total. The van der Waals surface area contributed by atoms with Crippen molar-refractivity contribution in [3.05, 3.63) is 65.7 Å². The Labute approximate surface area is 192 Å². The van der Waals surface area contributed by atoms with Gasteiger partial charge in [0.25, 0.3) is 0 Å². The van der Waals surface area contributed by atoms with Gasteiger partial charge < -0.3 is 31.2 Å². The van der Waals surface area contributed by atoms with E-state index in [0.717, 1.165) is 5.69 Å². The van der Waals surface area contributed by atoms with Crippen LogP contribution < -0.4 is 21.7 Å². The lowest BCUT2D eigenvalue weighted by Crippen LogP contribution is -2.17. The molecular formula is C22H29FN8O2. The van der Waals surface area contributed by atoms with E-state index >= 15 is 0 Å². The number of nitrogens with two attached hydrogens (primary N) is 1. The van der Waals surface area contributed by atoms with Gasteiger partial charge in [0.15, 0.2) is 0 Å². The molecule has 0 radical (unpaired) electrons. The molecule has 0 fully saturated rings. The minimum atomic E-state index is -0.293. The molecule has 0 aliphatic rings. The predicted octanol–water partition coefficient (Wildman–Crippen LogP) is 2.03. The molecule has 0 aliphatic carbocycles. The van der Waals surface area contributed by atoms with Crippen LogP contribution in [0.2, 0.25) is 0 Å². The summed E-state index contributed by atoms with van der Waals surface area (Å²) in [6.45, 7) is 3.61. The van der Waals surface area contributed by atoms with Crippen LogP contribution in [0.15, 0.2) is 48.7 Å². The van der Waals surface area contributed by atoms with Crippen LogP contribution in [-0.2, 0) is 22.6 Å². The second-order valence-corrected chi connectivity index (χ2v) is 6.87. The van der Waals surface area contributed by atoms with Gasteiger partial charge in [0.2, 0.25) is 17.8 Å². The van der Waals surface area contributed by atoms with Crippen molar-refractivity contribution in [3.63, 3.8) is 0 Å². The Kier molecular flexibility index (Phi) is 10.2. The number of benzene rings is 1. The van der Waals surface area contributed by atoms with E-state index in [0.29, 0.717) is 69.5 Å². The molecule has 0 saturated carbocycles. The van der Waals surface area contributed by atoms with E-state index in [4.69, 9.17) is 15.2 Å². The van der Waals surface area contributed by atoms with Gasteiger partial charge in [0.05, 0.1) is 38.7 Å². The standard InChI is InChI=1S/C22H29FN8O2/c23-19-7-2-1-5-17(19)15-27-21-29-20(26-10-12-33-14-13-32-11-8-24)30-22(31-21)28-16-18-6-3-4-9-25-18/h1-7,9H,8,10-16,24H2,(H3,26,27,28,29,30,31). The van der Waals surface area contributed by atoms with Crippen molar-refractivity contribution >= 4 is 17.8 Å².